The number of hydrogen-bond acceptors (Lipinski definition) is 4. The maximum Gasteiger partial charge on any atom is 0.407 e. The smallest absolute Gasteiger partial charge is 0.407 e. The quantitative estimate of drug-likeness (QED) is 0.629. The molecule has 0 aliphatic rings. The van der Waals surface area contributed by atoms with Crippen LogP contribution in [0.15, 0.2) is 43.0 Å². The Morgan fingerprint density at radius 2 is 1.89 bits per heavy atom. The number of benzene rings is 1. The van der Waals surface area contributed by atoms with Gasteiger partial charge in [0.15, 0.2) is 0 Å². The van der Waals surface area contributed by atoms with Crippen molar-refractivity contribution in [2.45, 2.75) is 13.2 Å². The number of aliphatic carboxylic acids is 1. The van der Waals surface area contributed by atoms with E-state index in [0.29, 0.717) is 5.75 Å². The molecule has 0 fully saturated rings. The molecule has 6 heteroatoms. The molecule has 1 rings (SSSR count). The van der Waals surface area contributed by atoms with E-state index in [4.69, 9.17) is 15.6 Å². The van der Waals surface area contributed by atoms with Crippen LogP contribution in [-0.4, -0.2) is 23.5 Å². The molecule has 6 nitrogen and oxygen atoms in total. The van der Waals surface area contributed by atoms with Gasteiger partial charge in [0, 0.05) is 13.0 Å². The van der Waals surface area contributed by atoms with E-state index in [2.05, 4.69) is 11.3 Å². The third-order valence-corrected chi connectivity index (χ3v) is 1.50. The molecule has 0 spiro atoms. The molecule has 0 saturated carbocycles. The van der Waals surface area contributed by atoms with Crippen LogP contribution in [0.4, 0.5) is 4.79 Å². The summed E-state index contributed by atoms with van der Waals surface area (Å²) >= 11 is 0. The number of amides is 1. The number of primary amides is 1. The predicted octanol–water partition coefficient (Wildman–Crippen LogP) is 1.76. The van der Waals surface area contributed by atoms with Gasteiger partial charge in [-0.3, -0.25) is 0 Å². The monoisotopic (exact) mass is 253 g/mol. The molecule has 0 radical (unpaired) electrons. The Morgan fingerprint density at radius 3 is 2.28 bits per heavy atom. The van der Waals surface area contributed by atoms with Gasteiger partial charge >= 0.3 is 12.1 Å². The molecular formula is C12H15NO5. The fourth-order valence-electron chi connectivity index (χ4n) is 0.878. The number of hydrogen-bond donors (Lipinski definition) is 2. The van der Waals surface area contributed by atoms with Crippen molar-refractivity contribution in [2.24, 2.45) is 5.73 Å². The van der Waals surface area contributed by atoms with E-state index < -0.39 is 18.4 Å². The lowest BCUT2D eigenvalue weighted by atomic mass is 10.3. The standard InChI is InChI=1S/C9H11NO3.C3H4O2/c1-7(13-9(10)11)12-8-5-3-2-4-6-8;1-2-3(4)5/h2-7H,1H3,(H2,10,11);2H,1H2,(H,4,5). The van der Waals surface area contributed by atoms with Gasteiger partial charge in [-0.1, -0.05) is 24.8 Å². The zero-order valence-electron chi connectivity index (χ0n) is 9.91. The molecule has 1 amide bonds. The summed E-state index contributed by atoms with van der Waals surface area (Å²) < 4.78 is 9.77. The van der Waals surface area contributed by atoms with E-state index in [9.17, 15) is 9.59 Å². The minimum absolute atomic E-state index is 0.635. The molecular weight excluding hydrogens is 238 g/mol. The normalized spacial score (nSPS) is 10.3. The van der Waals surface area contributed by atoms with E-state index >= 15 is 0 Å². The van der Waals surface area contributed by atoms with Crippen molar-refractivity contribution in [3.8, 4) is 5.75 Å². The van der Waals surface area contributed by atoms with Crippen molar-refractivity contribution in [1.29, 1.82) is 0 Å². The molecule has 1 aromatic rings. The summed E-state index contributed by atoms with van der Waals surface area (Å²) in [7, 11) is 0. The van der Waals surface area contributed by atoms with Gasteiger partial charge in [-0.25, -0.2) is 9.59 Å². The highest BCUT2D eigenvalue weighted by atomic mass is 16.7. The minimum atomic E-state index is -0.981. The van der Waals surface area contributed by atoms with Crippen molar-refractivity contribution < 1.29 is 24.2 Å². The Morgan fingerprint density at radius 1 is 1.39 bits per heavy atom. The van der Waals surface area contributed by atoms with Gasteiger partial charge in [0.2, 0.25) is 6.29 Å². The van der Waals surface area contributed by atoms with Crippen LogP contribution in [0, 0.1) is 0 Å². The van der Waals surface area contributed by atoms with Crippen molar-refractivity contribution in [2.75, 3.05) is 0 Å². The highest BCUT2D eigenvalue weighted by molar-refractivity contribution is 5.78. The molecule has 0 aliphatic carbocycles. The van der Waals surface area contributed by atoms with E-state index in [1.165, 1.54) is 0 Å². The zero-order valence-corrected chi connectivity index (χ0v) is 9.91. The second kappa shape index (κ2) is 8.63. The SMILES string of the molecule is C=CC(=O)O.CC(OC(N)=O)Oc1ccccc1. The lowest BCUT2D eigenvalue weighted by Crippen LogP contribution is -2.24. The van der Waals surface area contributed by atoms with Crippen molar-refractivity contribution in [3.63, 3.8) is 0 Å². The number of nitrogens with two attached hydrogens (primary N) is 1. The largest absolute Gasteiger partial charge is 0.478 e. The average Bonchev–Trinajstić information content (AvgIpc) is 2.29. The molecule has 0 saturated heterocycles. The van der Waals surface area contributed by atoms with E-state index in [1.807, 2.05) is 18.2 Å². The Bertz CT molecular complexity index is 391. The number of ether oxygens (including phenoxy) is 2. The van der Waals surface area contributed by atoms with Crippen molar-refractivity contribution in [1.82, 2.24) is 0 Å². The number of rotatable bonds is 4. The topological polar surface area (TPSA) is 98.9 Å². The molecule has 1 atom stereocenters. The van der Waals surface area contributed by atoms with Gasteiger partial charge in [-0.15, -0.1) is 0 Å². The van der Waals surface area contributed by atoms with Crippen LogP contribution >= 0.6 is 0 Å². The Balaban J connectivity index is 0.000000494. The zero-order chi connectivity index (χ0) is 14.0. The second-order valence-electron chi connectivity index (χ2n) is 2.98. The molecule has 18 heavy (non-hydrogen) atoms. The highest BCUT2D eigenvalue weighted by Gasteiger charge is 2.05. The van der Waals surface area contributed by atoms with Crippen LogP contribution in [0.3, 0.4) is 0 Å². The second-order valence-corrected chi connectivity index (χ2v) is 2.98. The molecule has 0 aliphatic heterocycles. The first-order valence-corrected chi connectivity index (χ1v) is 4.99. The van der Waals surface area contributed by atoms with E-state index in [1.54, 1.807) is 19.1 Å². The fraction of sp³-hybridized carbons (Fsp3) is 0.167. The van der Waals surface area contributed by atoms with Crippen molar-refractivity contribution >= 4 is 12.1 Å². The third kappa shape index (κ3) is 8.78. The molecule has 0 aromatic heterocycles. The molecule has 0 heterocycles. The van der Waals surface area contributed by atoms with Crippen LogP contribution < -0.4 is 10.5 Å². The molecule has 0 bridgehead atoms. The molecule has 1 aromatic carbocycles. The summed E-state index contributed by atoms with van der Waals surface area (Å²) in [4.78, 5) is 19.6. The van der Waals surface area contributed by atoms with Crippen LogP contribution in [0.1, 0.15) is 6.92 Å². The van der Waals surface area contributed by atoms with E-state index in [-0.39, 0.29) is 0 Å². The van der Waals surface area contributed by atoms with Gasteiger partial charge in [0.25, 0.3) is 0 Å². The summed E-state index contributed by atoms with van der Waals surface area (Å²) in [6.07, 6.45) is -0.677. The molecule has 1 unspecified atom stereocenters. The first kappa shape index (κ1) is 15.5. The Hall–Kier alpha value is -2.50. The van der Waals surface area contributed by atoms with Gasteiger partial charge in [-0.2, -0.15) is 0 Å². The number of carboxylic acids is 1. The summed E-state index contributed by atoms with van der Waals surface area (Å²) in [5, 5.41) is 7.60. The van der Waals surface area contributed by atoms with Crippen molar-refractivity contribution in [3.05, 3.63) is 43.0 Å². The Kier molecular flexibility index (Phi) is 7.43. The lowest BCUT2D eigenvalue weighted by molar-refractivity contribution is -0.131. The molecule has 98 valence electrons. The summed E-state index contributed by atoms with van der Waals surface area (Å²) in [6, 6.07) is 9.05. The van der Waals surface area contributed by atoms with Gasteiger partial charge in [0.1, 0.15) is 5.75 Å². The number of carbonyl (C=O) groups is 2. The molecule has 3 N–H and O–H groups in total. The number of para-hydroxylation sites is 1. The van der Waals surface area contributed by atoms with E-state index in [0.717, 1.165) is 6.08 Å². The summed E-state index contributed by atoms with van der Waals surface area (Å²) in [6.45, 7) is 4.56. The van der Waals surface area contributed by atoms with Crippen LogP contribution in [0.5, 0.6) is 5.75 Å². The average molecular weight is 253 g/mol. The minimum Gasteiger partial charge on any atom is -0.478 e. The predicted molar refractivity (Wildman–Crippen MR) is 65.0 cm³/mol. The van der Waals surface area contributed by atoms with Crippen LogP contribution in [0.2, 0.25) is 0 Å². The van der Waals surface area contributed by atoms with Gasteiger partial charge in [0.05, 0.1) is 0 Å². The van der Waals surface area contributed by atoms with Gasteiger partial charge in [-0.05, 0) is 12.1 Å². The first-order valence-electron chi connectivity index (χ1n) is 4.99. The van der Waals surface area contributed by atoms with Crippen LogP contribution in [-0.2, 0) is 9.53 Å². The summed E-state index contributed by atoms with van der Waals surface area (Å²) in [5.74, 6) is -0.346. The Labute approximate surface area is 105 Å². The van der Waals surface area contributed by atoms with Crippen LogP contribution in [0.25, 0.3) is 0 Å². The number of carboxylic acid groups (broad SMARTS) is 1. The number of carbonyl (C=O) groups excluding carboxylic acids is 1. The first-order chi connectivity index (χ1) is 8.45. The highest BCUT2D eigenvalue weighted by Crippen LogP contribution is 2.10. The fourth-order valence-corrected chi connectivity index (χ4v) is 0.878. The maximum absolute atomic E-state index is 10.3. The van der Waals surface area contributed by atoms with Gasteiger partial charge < -0.3 is 20.3 Å². The third-order valence-electron chi connectivity index (χ3n) is 1.50. The summed E-state index contributed by atoms with van der Waals surface area (Å²) in [5.41, 5.74) is 4.81. The lowest BCUT2D eigenvalue weighted by Gasteiger charge is -2.13. The maximum atomic E-state index is 10.3.